The predicted molar refractivity (Wildman–Crippen MR) is 130 cm³/mol. The van der Waals surface area contributed by atoms with Crippen molar-refractivity contribution in [3.05, 3.63) is 87.1 Å². The molecule has 4 rings (SSSR count). The Morgan fingerprint density at radius 1 is 1.06 bits per heavy atom. The summed E-state index contributed by atoms with van der Waals surface area (Å²) in [5, 5.41) is 10.6. The highest BCUT2D eigenvalue weighted by Gasteiger charge is 2.09. The molecule has 0 fully saturated rings. The minimum atomic E-state index is -0.341. The van der Waals surface area contributed by atoms with Gasteiger partial charge >= 0.3 is 0 Å². The number of amides is 1. The van der Waals surface area contributed by atoms with Crippen LogP contribution in [0.5, 0.6) is 5.75 Å². The Morgan fingerprint density at radius 3 is 2.52 bits per heavy atom. The van der Waals surface area contributed by atoms with Gasteiger partial charge < -0.3 is 10.1 Å². The zero-order valence-electron chi connectivity index (χ0n) is 17.8. The second-order valence-corrected chi connectivity index (χ2v) is 8.49. The van der Waals surface area contributed by atoms with Crippen LogP contribution >= 0.6 is 22.9 Å². The van der Waals surface area contributed by atoms with Gasteiger partial charge in [0.25, 0.3) is 5.56 Å². The van der Waals surface area contributed by atoms with Crippen molar-refractivity contribution in [1.82, 2.24) is 20.1 Å². The van der Waals surface area contributed by atoms with Crippen LogP contribution in [0.3, 0.4) is 0 Å². The molecule has 33 heavy (non-hydrogen) atoms. The van der Waals surface area contributed by atoms with Crippen LogP contribution in [0.25, 0.3) is 21.8 Å². The van der Waals surface area contributed by atoms with Crippen molar-refractivity contribution in [2.75, 3.05) is 13.7 Å². The van der Waals surface area contributed by atoms with E-state index in [1.54, 1.807) is 36.6 Å². The van der Waals surface area contributed by atoms with Gasteiger partial charge in [-0.15, -0.1) is 11.3 Å². The molecular formula is C24H21ClN4O3S. The fourth-order valence-electron chi connectivity index (χ4n) is 3.15. The molecule has 0 spiro atoms. The van der Waals surface area contributed by atoms with Gasteiger partial charge in [-0.25, -0.2) is 9.67 Å². The van der Waals surface area contributed by atoms with E-state index in [2.05, 4.69) is 15.4 Å². The van der Waals surface area contributed by atoms with E-state index in [1.165, 1.54) is 6.07 Å². The van der Waals surface area contributed by atoms with E-state index >= 15 is 0 Å². The molecule has 0 aliphatic heterocycles. The van der Waals surface area contributed by atoms with Crippen molar-refractivity contribution in [3.8, 4) is 27.6 Å². The third-order valence-corrected chi connectivity index (χ3v) is 6.08. The number of carbonyl (C=O) groups is 1. The summed E-state index contributed by atoms with van der Waals surface area (Å²) in [6, 6.07) is 17.9. The number of nitrogens with zero attached hydrogens (tertiary/aromatic N) is 3. The Labute approximate surface area is 199 Å². The first-order chi connectivity index (χ1) is 16.0. The first-order valence-electron chi connectivity index (χ1n) is 10.2. The molecule has 168 valence electrons. The Morgan fingerprint density at radius 2 is 1.79 bits per heavy atom. The number of carbonyl (C=O) groups excluding carboxylic acids is 1. The van der Waals surface area contributed by atoms with E-state index in [-0.39, 0.29) is 18.0 Å². The topological polar surface area (TPSA) is 86.1 Å². The van der Waals surface area contributed by atoms with Crippen molar-refractivity contribution in [1.29, 1.82) is 0 Å². The summed E-state index contributed by atoms with van der Waals surface area (Å²) in [7, 11) is 1.63. The molecule has 0 bridgehead atoms. The largest absolute Gasteiger partial charge is 0.497 e. The summed E-state index contributed by atoms with van der Waals surface area (Å²) in [6.45, 7) is 0.255. The van der Waals surface area contributed by atoms with Crippen LogP contribution in [-0.2, 0) is 17.8 Å². The fraction of sp³-hybridized carbons (Fsp3) is 0.167. The maximum atomic E-state index is 12.4. The lowest BCUT2D eigenvalue weighted by Gasteiger charge is -2.08. The molecular weight excluding hydrogens is 460 g/mol. The lowest BCUT2D eigenvalue weighted by molar-refractivity contribution is -0.121. The number of nitrogens with one attached hydrogen (secondary N) is 1. The van der Waals surface area contributed by atoms with Crippen LogP contribution in [0.15, 0.2) is 70.8 Å². The molecule has 2 aromatic heterocycles. The predicted octanol–water partition coefficient (Wildman–Crippen LogP) is 4.05. The first kappa shape index (κ1) is 22.7. The van der Waals surface area contributed by atoms with E-state index in [1.807, 2.05) is 41.8 Å². The van der Waals surface area contributed by atoms with Crippen molar-refractivity contribution in [2.45, 2.75) is 13.0 Å². The molecule has 7 nitrogen and oxygen atoms in total. The monoisotopic (exact) mass is 480 g/mol. The molecule has 2 heterocycles. The maximum absolute atomic E-state index is 12.4. The summed E-state index contributed by atoms with van der Waals surface area (Å²) >= 11 is 7.48. The van der Waals surface area contributed by atoms with Gasteiger partial charge in [-0.05, 0) is 42.5 Å². The number of rotatable bonds is 8. The molecule has 0 aliphatic carbocycles. The van der Waals surface area contributed by atoms with Crippen LogP contribution in [-0.4, -0.2) is 34.3 Å². The Kier molecular flexibility index (Phi) is 7.16. The number of aromatic nitrogens is 3. The molecule has 0 unspecified atom stereocenters. The standard InChI is InChI=1S/C24H21ClN4O3S/c1-32-20-8-4-17(5-9-20)24-27-19(15-33-24)12-13-26-22(30)14-29-23(31)11-10-21(28-29)16-2-6-18(25)7-3-16/h2-11,15H,12-14H2,1H3,(H,26,30). The van der Waals surface area contributed by atoms with Gasteiger partial charge in [-0.1, -0.05) is 23.7 Å². The number of hydrogen-bond acceptors (Lipinski definition) is 6. The lowest BCUT2D eigenvalue weighted by Crippen LogP contribution is -2.34. The molecule has 0 aliphatic rings. The normalized spacial score (nSPS) is 10.7. The number of thiazole rings is 1. The van der Waals surface area contributed by atoms with Gasteiger partial charge in [0.15, 0.2) is 0 Å². The van der Waals surface area contributed by atoms with Crippen LogP contribution in [0.4, 0.5) is 0 Å². The zero-order chi connectivity index (χ0) is 23.2. The van der Waals surface area contributed by atoms with Gasteiger partial charge in [0.2, 0.25) is 5.91 Å². The minimum Gasteiger partial charge on any atom is -0.497 e. The van der Waals surface area contributed by atoms with Crippen molar-refractivity contribution >= 4 is 28.8 Å². The fourth-order valence-corrected chi connectivity index (χ4v) is 4.13. The van der Waals surface area contributed by atoms with Crippen LogP contribution in [0, 0.1) is 0 Å². The summed E-state index contributed by atoms with van der Waals surface area (Å²) in [5.41, 5.74) is 2.97. The molecule has 0 saturated carbocycles. The molecule has 1 N–H and O–H groups in total. The summed E-state index contributed by atoms with van der Waals surface area (Å²) in [5.74, 6) is 0.508. The Balaban J connectivity index is 1.32. The lowest BCUT2D eigenvalue weighted by atomic mass is 10.1. The highest BCUT2D eigenvalue weighted by Crippen LogP contribution is 2.25. The van der Waals surface area contributed by atoms with E-state index in [4.69, 9.17) is 16.3 Å². The van der Waals surface area contributed by atoms with Crippen LogP contribution in [0.1, 0.15) is 5.69 Å². The van der Waals surface area contributed by atoms with E-state index in [0.717, 1.165) is 32.3 Å². The number of benzene rings is 2. The van der Waals surface area contributed by atoms with Gasteiger partial charge in [0.1, 0.15) is 17.3 Å². The SMILES string of the molecule is COc1ccc(-c2nc(CCNC(=O)Cn3nc(-c4ccc(Cl)cc4)ccc3=O)cs2)cc1. The smallest absolute Gasteiger partial charge is 0.267 e. The molecule has 4 aromatic rings. The molecule has 1 amide bonds. The second-order valence-electron chi connectivity index (χ2n) is 7.19. The first-order valence-corrected chi connectivity index (χ1v) is 11.5. The number of ether oxygens (including phenoxy) is 1. The summed E-state index contributed by atoms with van der Waals surface area (Å²) in [6.07, 6.45) is 0.589. The van der Waals surface area contributed by atoms with Crippen molar-refractivity contribution < 1.29 is 9.53 Å². The zero-order valence-corrected chi connectivity index (χ0v) is 19.4. The Hall–Kier alpha value is -3.49. The van der Waals surface area contributed by atoms with Gasteiger partial charge in [-0.3, -0.25) is 9.59 Å². The molecule has 0 radical (unpaired) electrons. The third kappa shape index (κ3) is 5.85. The quantitative estimate of drug-likeness (QED) is 0.411. The summed E-state index contributed by atoms with van der Waals surface area (Å²) < 4.78 is 6.34. The Bertz CT molecular complexity index is 1300. The molecule has 0 saturated heterocycles. The summed E-state index contributed by atoms with van der Waals surface area (Å²) in [4.78, 5) is 29.2. The van der Waals surface area contributed by atoms with E-state index in [0.29, 0.717) is 23.7 Å². The maximum Gasteiger partial charge on any atom is 0.267 e. The van der Waals surface area contributed by atoms with Crippen LogP contribution in [0.2, 0.25) is 5.02 Å². The van der Waals surface area contributed by atoms with Gasteiger partial charge in [-0.2, -0.15) is 5.10 Å². The number of methoxy groups -OCH3 is 1. The molecule has 9 heteroatoms. The second kappa shape index (κ2) is 10.4. The number of hydrogen-bond donors (Lipinski definition) is 1. The van der Waals surface area contributed by atoms with E-state index < -0.39 is 0 Å². The third-order valence-electron chi connectivity index (χ3n) is 4.89. The van der Waals surface area contributed by atoms with Crippen molar-refractivity contribution in [3.63, 3.8) is 0 Å². The van der Waals surface area contributed by atoms with Gasteiger partial charge in [0, 0.05) is 40.6 Å². The number of halogens is 1. The highest BCUT2D eigenvalue weighted by molar-refractivity contribution is 7.13. The highest BCUT2D eigenvalue weighted by atomic mass is 35.5. The minimum absolute atomic E-state index is 0.158. The molecule has 2 aromatic carbocycles. The average molecular weight is 481 g/mol. The average Bonchev–Trinajstić information content (AvgIpc) is 3.30. The molecule has 0 atom stereocenters. The van der Waals surface area contributed by atoms with Crippen molar-refractivity contribution in [2.24, 2.45) is 0 Å². The van der Waals surface area contributed by atoms with Gasteiger partial charge in [0.05, 0.1) is 18.5 Å². The van der Waals surface area contributed by atoms with E-state index in [9.17, 15) is 9.59 Å². The van der Waals surface area contributed by atoms with Crippen LogP contribution < -0.4 is 15.6 Å².